The monoisotopic (exact) mass is 435 g/mol. The highest BCUT2D eigenvalue weighted by Crippen LogP contribution is 2.29. The Kier molecular flexibility index (Phi) is 7.87. The maximum Gasteiger partial charge on any atom is 0.272 e. The first kappa shape index (κ1) is 23.3. The molecule has 2 rings (SSSR count). The van der Waals surface area contributed by atoms with Gasteiger partial charge in [-0.15, -0.1) is 0 Å². The van der Waals surface area contributed by atoms with Gasteiger partial charge < -0.3 is 16.8 Å². The standard InChI is InChI=1S/C20H26FN5O3S/c1-4-13(19(28)24-10-9-11(2)3)26(14-8-6-5-7-12(14)21)20(29)17-15(22)16(18(23)27)25-30-17/h5-8,11,13H,4,9-10,22H2,1-3H3,(H2,23,27)(H,24,28). The molecule has 0 saturated carbocycles. The van der Waals surface area contributed by atoms with Gasteiger partial charge >= 0.3 is 0 Å². The number of hydrogen-bond acceptors (Lipinski definition) is 6. The number of nitrogens with one attached hydrogen (secondary N) is 1. The summed E-state index contributed by atoms with van der Waals surface area (Å²) in [6.45, 7) is 6.21. The largest absolute Gasteiger partial charge is 0.395 e. The molecule has 1 aromatic carbocycles. The maximum absolute atomic E-state index is 14.6. The molecule has 3 amide bonds. The Hall–Kier alpha value is -3.01. The number of aromatic nitrogens is 1. The van der Waals surface area contributed by atoms with Crippen molar-refractivity contribution in [1.82, 2.24) is 9.69 Å². The van der Waals surface area contributed by atoms with Crippen LogP contribution < -0.4 is 21.7 Å². The number of carbonyl (C=O) groups excluding carboxylic acids is 3. The molecule has 0 bridgehead atoms. The Morgan fingerprint density at radius 2 is 1.93 bits per heavy atom. The molecule has 0 saturated heterocycles. The normalized spacial score (nSPS) is 11.9. The van der Waals surface area contributed by atoms with Gasteiger partial charge in [-0.1, -0.05) is 32.9 Å². The van der Waals surface area contributed by atoms with Gasteiger partial charge in [0.1, 0.15) is 16.7 Å². The highest BCUT2D eigenvalue weighted by Gasteiger charge is 2.35. The van der Waals surface area contributed by atoms with Crippen molar-refractivity contribution >= 4 is 40.6 Å². The molecule has 0 fully saturated rings. The number of amides is 3. The van der Waals surface area contributed by atoms with E-state index >= 15 is 0 Å². The second-order valence-electron chi connectivity index (χ2n) is 7.16. The highest BCUT2D eigenvalue weighted by atomic mass is 32.1. The van der Waals surface area contributed by atoms with Crippen LogP contribution in [0.2, 0.25) is 0 Å². The third-order valence-corrected chi connectivity index (χ3v) is 5.36. The minimum absolute atomic E-state index is 0.0678. The van der Waals surface area contributed by atoms with Crippen LogP contribution >= 0.6 is 11.5 Å². The fourth-order valence-corrected chi connectivity index (χ4v) is 3.63. The van der Waals surface area contributed by atoms with Crippen molar-refractivity contribution in [3.8, 4) is 0 Å². The number of hydrogen-bond donors (Lipinski definition) is 3. The molecule has 1 atom stereocenters. The van der Waals surface area contributed by atoms with Crippen molar-refractivity contribution in [2.45, 2.75) is 39.7 Å². The van der Waals surface area contributed by atoms with E-state index < -0.39 is 29.6 Å². The number of nitrogens with two attached hydrogens (primary N) is 2. The maximum atomic E-state index is 14.6. The van der Waals surface area contributed by atoms with Crippen LogP contribution in [-0.4, -0.2) is 34.7 Å². The van der Waals surface area contributed by atoms with E-state index in [-0.39, 0.29) is 28.4 Å². The molecule has 5 N–H and O–H groups in total. The molecular formula is C20H26FN5O3S. The molecule has 1 unspecified atom stereocenters. The lowest BCUT2D eigenvalue weighted by Crippen LogP contribution is -2.50. The molecule has 30 heavy (non-hydrogen) atoms. The third-order valence-electron chi connectivity index (χ3n) is 4.51. The van der Waals surface area contributed by atoms with E-state index in [2.05, 4.69) is 9.69 Å². The number of nitrogens with zero attached hydrogens (tertiary/aromatic N) is 2. The lowest BCUT2D eigenvalue weighted by atomic mass is 10.1. The number of nitrogen functional groups attached to an aromatic ring is 1. The van der Waals surface area contributed by atoms with Crippen molar-refractivity contribution in [1.29, 1.82) is 0 Å². The molecule has 8 nitrogen and oxygen atoms in total. The molecular weight excluding hydrogens is 409 g/mol. The van der Waals surface area contributed by atoms with Crippen molar-refractivity contribution in [3.05, 3.63) is 40.7 Å². The molecule has 1 heterocycles. The summed E-state index contributed by atoms with van der Waals surface area (Å²) in [7, 11) is 0. The summed E-state index contributed by atoms with van der Waals surface area (Å²) in [6, 6.07) is 4.66. The number of para-hydroxylation sites is 1. The number of rotatable bonds is 9. The number of benzene rings is 1. The van der Waals surface area contributed by atoms with Crippen LogP contribution in [0.1, 0.15) is 53.8 Å². The fraction of sp³-hybridized carbons (Fsp3) is 0.400. The van der Waals surface area contributed by atoms with Crippen molar-refractivity contribution in [2.24, 2.45) is 11.7 Å². The molecule has 0 aliphatic heterocycles. The van der Waals surface area contributed by atoms with Crippen molar-refractivity contribution in [3.63, 3.8) is 0 Å². The summed E-state index contributed by atoms with van der Waals surface area (Å²) in [5.74, 6) is -2.29. The van der Waals surface area contributed by atoms with E-state index in [4.69, 9.17) is 11.5 Å². The summed E-state index contributed by atoms with van der Waals surface area (Å²) in [6.07, 6.45) is 0.995. The van der Waals surface area contributed by atoms with Gasteiger partial charge in [-0.05, 0) is 42.4 Å². The van der Waals surface area contributed by atoms with E-state index in [1.807, 2.05) is 13.8 Å². The van der Waals surface area contributed by atoms with Crippen molar-refractivity contribution in [2.75, 3.05) is 17.2 Å². The van der Waals surface area contributed by atoms with Crippen LogP contribution in [0, 0.1) is 11.7 Å². The van der Waals surface area contributed by atoms with Crippen LogP contribution in [0.4, 0.5) is 15.8 Å². The van der Waals surface area contributed by atoms with Crippen LogP contribution in [0.5, 0.6) is 0 Å². The van der Waals surface area contributed by atoms with E-state index in [0.29, 0.717) is 24.0 Å². The third kappa shape index (κ3) is 5.12. The first-order chi connectivity index (χ1) is 14.2. The zero-order chi connectivity index (χ0) is 22.4. The lowest BCUT2D eigenvalue weighted by molar-refractivity contribution is -0.122. The average Bonchev–Trinajstić information content (AvgIpc) is 3.07. The molecule has 1 aromatic heterocycles. The van der Waals surface area contributed by atoms with Gasteiger partial charge in [-0.25, -0.2) is 4.39 Å². The molecule has 2 aromatic rings. The molecule has 0 aliphatic rings. The minimum Gasteiger partial charge on any atom is -0.395 e. The Labute approximate surface area is 178 Å². The first-order valence-electron chi connectivity index (χ1n) is 9.59. The van der Waals surface area contributed by atoms with Crippen molar-refractivity contribution < 1.29 is 18.8 Å². The zero-order valence-corrected chi connectivity index (χ0v) is 18.0. The molecule has 162 valence electrons. The number of halogens is 1. The van der Waals surface area contributed by atoms with Gasteiger partial charge in [0, 0.05) is 6.54 Å². The fourth-order valence-electron chi connectivity index (χ4n) is 2.89. The predicted molar refractivity (Wildman–Crippen MR) is 115 cm³/mol. The Bertz CT molecular complexity index is 931. The van der Waals surface area contributed by atoms with E-state index in [1.165, 1.54) is 18.2 Å². The highest BCUT2D eigenvalue weighted by molar-refractivity contribution is 7.09. The van der Waals surface area contributed by atoms with Crippen LogP contribution in [0.15, 0.2) is 24.3 Å². The van der Waals surface area contributed by atoms with Gasteiger partial charge in [0.05, 0.1) is 11.4 Å². The van der Waals surface area contributed by atoms with Crippen LogP contribution in [0.3, 0.4) is 0 Å². The molecule has 0 aliphatic carbocycles. The number of primary amides is 1. The summed E-state index contributed by atoms with van der Waals surface area (Å²) < 4.78 is 18.5. The van der Waals surface area contributed by atoms with Gasteiger partial charge in [0.15, 0.2) is 5.69 Å². The topological polar surface area (TPSA) is 131 Å². The quantitative estimate of drug-likeness (QED) is 0.557. The second-order valence-corrected chi connectivity index (χ2v) is 7.94. The van der Waals surface area contributed by atoms with E-state index in [1.54, 1.807) is 13.0 Å². The summed E-state index contributed by atoms with van der Waals surface area (Å²) in [5, 5.41) is 2.81. The SMILES string of the molecule is CCC(C(=O)NCCC(C)C)N(C(=O)c1snc(C(N)=O)c1N)c1ccccc1F. The first-order valence-corrected chi connectivity index (χ1v) is 10.4. The van der Waals surface area contributed by atoms with Gasteiger partial charge in [0.2, 0.25) is 5.91 Å². The lowest BCUT2D eigenvalue weighted by Gasteiger charge is -2.30. The zero-order valence-electron chi connectivity index (χ0n) is 17.1. The van der Waals surface area contributed by atoms with Gasteiger partial charge in [0.25, 0.3) is 11.8 Å². The molecule has 0 radical (unpaired) electrons. The Morgan fingerprint density at radius 1 is 1.27 bits per heavy atom. The minimum atomic E-state index is -0.986. The molecule has 10 heteroatoms. The smallest absolute Gasteiger partial charge is 0.272 e. The van der Waals surface area contributed by atoms with E-state index in [9.17, 15) is 18.8 Å². The number of carbonyl (C=O) groups is 3. The summed E-state index contributed by atoms with van der Waals surface area (Å²) in [5.41, 5.74) is 10.6. The van der Waals surface area contributed by atoms with Crippen LogP contribution in [0.25, 0.3) is 0 Å². The predicted octanol–water partition coefficient (Wildman–Crippen LogP) is 2.55. The van der Waals surface area contributed by atoms with Crippen LogP contribution in [-0.2, 0) is 4.79 Å². The summed E-state index contributed by atoms with van der Waals surface area (Å²) >= 11 is 0.682. The average molecular weight is 436 g/mol. The Balaban J connectivity index is 2.47. The number of anilines is 2. The Morgan fingerprint density at radius 3 is 2.47 bits per heavy atom. The molecule has 0 spiro atoms. The van der Waals surface area contributed by atoms with E-state index in [0.717, 1.165) is 11.3 Å². The van der Waals surface area contributed by atoms with Gasteiger partial charge in [-0.3, -0.25) is 19.3 Å². The second kappa shape index (κ2) is 10.1. The van der Waals surface area contributed by atoms with Gasteiger partial charge in [-0.2, -0.15) is 4.37 Å². The summed E-state index contributed by atoms with van der Waals surface area (Å²) in [4.78, 5) is 38.7.